The first kappa shape index (κ1) is 26.6. The summed E-state index contributed by atoms with van der Waals surface area (Å²) in [6, 6.07) is -1.01. The Hall–Kier alpha value is -2.62. The van der Waals surface area contributed by atoms with E-state index in [0.717, 1.165) is 6.26 Å². The normalized spacial score (nSPS) is 29.7. The van der Waals surface area contributed by atoms with Crippen molar-refractivity contribution in [3.63, 3.8) is 0 Å². The van der Waals surface area contributed by atoms with Crippen molar-refractivity contribution in [1.29, 1.82) is 0 Å². The molecule has 2 aliphatic carbocycles. The third kappa shape index (κ3) is 5.66. The van der Waals surface area contributed by atoms with Gasteiger partial charge >= 0.3 is 18.0 Å². The van der Waals surface area contributed by atoms with Gasteiger partial charge in [-0.2, -0.15) is 0 Å². The minimum atomic E-state index is -1.62. The molecule has 2 fully saturated rings. The lowest BCUT2D eigenvalue weighted by atomic mass is 9.88. The van der Waals surface area contributed by atoms with Gasteiger partial charge < -0.3 is 30.0 Å². The van der Waals surface area contributed by atoms with E-state index in [-0.39, 0.29) is 18.9 Å². The summed E-state index contributed by atoms with van der Waals surface area (Å²) in [5, 5.41) is 15.9. The number of amides is 2. The average molecular weight is 469 g/mol. The van der Waals surface area contributed by atoms with Gasteiger partial charge in [-0.15, -0.1) is 0 Å². The zero-order valence-corrected chi connectivity index (χ0v) is 20.2. The summed E-state index contributed by atoms with van der Waals surface area (Å²) in [7, 11) is 0. The third-order valence-electron chi connectivity index (χ3n) is 6.25. The van der Waals surface area contributed by atoms with E-state index in [1.54, 1.807) is 34.6 Å². The molecule has 0 bridgehead atoms. The Balaban J connectivity index is 2.32. The molecule has 2 rings (SSSR count). The number of fused-ring (bicyclic) bond motifs is 1. The Morgan fingerprint density at radius 3 is 2.39 bits per heavy atom. The first-order chi connectivity index (χ1) is 15.3. The van der Waals surface area contributed by atoms with Crippen LogP contribution in [0.5, 0.6) is 0 Å². The van der Waals surface area contributed by atoms with Crippen LogP contribution in [-0.2, 0) is 28.6 Å². The van der Waals surface area contributed by atoms with Crippen molar-refractivity contribution in [2.75, 3.05) is 6.61 Å². The van der Waals surface area contributed by atoms with Crippen LogP contribution in [0.15, 0.2) is 12.8 Å². The molecule has 0 aromatic heterocycles. The Bertz CT molecular complexity index is 792. The SMILES string of the molecule is C=COC(=O)[C@H]1[C@H]2[C@@H]1[C@@](NC(=O)[C@@H](NC(=O)OC(C)(C)C)[C@@H](C)CC)(C(=O)OCC)C[C@@H]2O. The summed E-state index contributed by atoms with van der Waals surface area (Å²) in [6.07, 6.45) is -0.343. The molecule has 33 heavy (non-hydrogen) atoms. The lowest BCUT2D eigenvalue weighted by molar-refractivity contribution is -0.156. The molecular weight excluding hydrogens is 432 g/mol. The Labute approximate surface area is 194 Å². The van der Waals surface area contributed by atoms with Crippen LogP contribution < -0.4 is 10.6 Å². The van der Waals surface area contributed by atoms with Crippen molar-refractivity contribution < 1.29 is 38.5 Å². The molecule has 0 spiro atoms. The predicted octanol–water partition coefficient (Wildman–Crippen LogP) is 1.66. The Morgan fingerprint density at radius 1 is 1.24 bits per heavy atom. The average Bonchev–Trinajstić information content (AvgIpc) is 3.40. The van der Waals surface area contributed by atoms with Crippen molar-refractivity contribution >= 4 is 23.9 Å². The Morgan fingerprint density at radius 2 is 1.88 bits per heavy atom. The van der Waals surface area contributed by atoms with Crippen LogP contribution in [0.4, 0.5) is 4.79 Å². The van der Waals surface area contributed by atoms with Gasteiger partial charge in [0.1, 0.15) is 17.2 Å². The van der Waals surface area contributed by atoms with E-state index >= 15 is 0 Å². The van der Waals surface area contributed by atoms with Gasteiger partial charge in [0.15, 0.2) is 0 Å². The summed E-state index contributed by atoms with van der Waals surface area (Å²) in [5.41, 5.74) is -2.38. The molecule has 10 nitrogen and oxygen atoms in total. The van der Waals surface area contributed by atoms with Crippen molar-refractivity contribution in [2.45, 2.75) is 77.7 Å². The number of hydrogen-bond acceptors (Lipinski definition) is 8. The van der Waals surface area contributed by atoms with Gasteiger partial charge in [0.2, 0.25) is 5.91 Å². The molecule has 0 aromatic carbocycles. The number of aliphatic hydroxyl groups is 1. The van der Waals surface area contributed by atoms with Gasteiger partial charge in [0.25, 0.3) is 0 Å². The maximum atomic E-state index is 13.4. The van der Waals surface area contributed by atoms with E-state index < -0.39 is 65.0 Å². The minimum absolute atomic E-state index is 0.0522. The highest BCUT2D eigenvalue weighted by Crippen LogP contribution is 2.63. The number of carbonyl (C=O) groups is 4. The lowest BCUT2D eigenvalue weighted by Gasteiger charge is -2.34. The van der Waals surface area contributed by atoms with Crippen molar-refractivity contribution in [2.24, 2.45) is 23.7 Å². The second-order valence-electron chi connectivity index (χ2n) is 9.69. The van der Waals surface area contributed by atoms with E-state index in [0.29, 0.717) is 6.42 Å². The number of nitrogens with one attached hydrogen (secondary N) is 2. The highest BCUT2D eigenvalue weighted by molar-refractivity contribution is 5.94. The summed E-state index contributed by atoms with van der Waals surface area (Å²) in [6.45, 7) is 13.8. The van der Waals surface area contributed by atoms with Crippen LogP contribution in [0.25, 0.3) is 0 Å². The molecule has 7 atom stereocenters. The monoisotopic (exact) mass is 468 g/mol. The molecular formula is C23H36N2O8. The summed E-state index contributed by atoms with van der Waals surface area (Å²) >= 11 is 0. The molecule has 0 saturated heterocycles. The highest BCUT2D eigenvalue weighted by Gasteiger charge is 2.76. The molecule has 3 N–H and O–H groups in total. The maximum absolute atomic E-state index is 13.4. The molecule has 186 valence electrons. The molecule has 2 saturated carbocycles. The summed E-state index contributed by atoms with van der Waals surface area (Å²) in [4.78, 5) is 51.1. The smallest absolute Gasteiger partial charge is 0.408 e. The third-order valence-corrected chi connectivity index (χ3v) is 6.25. The molecule has 0 aliphatic heterocycles. The number of esters is 2. The number of rotatable bonds is 9. The molecule has 0 unspecified atom stereocenters. The minimum Gasteiger partial charge on any atom is -0.464 e. The van der Waals surface area contributed by atoms with E-state index in [1.807, 2.05) is 6.92 Å². The van der Waals surface area contributed by atoms with Crippen molar-refractivity contribution in [1.82, 2.24) is 10.6 Å². The van der Waals surface area contributed by atoms with E-state index in [1.165, 1.54) is 0 Å². The van der Waals surface area contributed by atoms with Crippen LogP contribution in [0.3, 0.4) is 0 Å². The molecule has 0 heterocycles. The number of carbonyl (C=O) groups excluding carboxylic acids is 4. The zero-order chi connectivity index (χ0) is 25.1. The number of ether oxygens (including phenoxy) is 3. The second kappa shape index (κ2) is 10.1. The summed E-state index contributed by atoms with van der Waals surface area (Å²) < 4.78 is 15.4. The lowest BCUT2D eigenvalue weighted by Crippen LogP contribution is -2.62. The van der Waals surface area contributed by atoms with Gasteiger partial charge in [0, 0.05) is 18.3 Å². The van der Waals surface area contributed by atoms with E-state index in [2.05, 4.69) is 17.2 Å². The molecule has 10 heteroatoms. The quantitative estimate of drug-likeness (QED) is 0.264. The van der Waals surface area contributed by atoms with Crippen molar-refractivity contribution in [3.8, 4) is 0 Å². The van der Waals surface area contributed by atoms with E-state index in [4.69, 9.17) is 14.2 Å². The van der Waals surface area contributed by atoms with Gasteiger partial charge in [-0.3, -0.25) is 9.59 Å². The van der Waals surface area contributed by atoms with Crippen LogP contribution in [0.1, 0.15) is 54.4 Å². The molecule has 2 aliphatic rings. The number of alkyl carbamates (subject to hydrolysis) is 1. The topological polar surface area (TPSA) is 140 Å². The molecule has 0 radical (unpaired) electrons. The van der Waals surface area contributed by atoms with Gasteiger partial charge in [-0.25, -0.2) is 9.59 Å². The largest absolute Gasteiger partial charge is 0.464 e. The van der Waals surface area contributed by atoms with Gasteiger partial charge in [-0.1, -0.05) is 26.8 Å². The van der Waals surface area contributed by atoms with Gasteiger partial charge in [0.05, 0.1) is 24.9 Å². The first-order valence-electron chi connectivity index (χ1n) is 11.3. The fourth-order valence-electron chi connectivity index (χ4n) is 4.61. The molecule has 2 amide bonds. The van der Waals surface area contributed by atoms with E-state index in [9.17, 15) is 24.3 Å². The van der Waals surface area contributed by atoms with Crippen LogP contribution in [-0.4, -0.2) is 58.9 Å². The highest BCUT2D eigenvalue weighted by atomic mass is 16.6. The first-order valence-corrected chi connectivity index (χ1v) is 11.3. The van der Waals surface area contributed by atoms with Gasteiger partial charge in [-0.05, 0) is 33.6 Å². The van der Waals surface area contributed by atoms with Crippen LogP contribution in [0, 0.1) is 23.7 Å². The van der Waals surface area contributed by atoms with Crippen LogP contribution >= 0.6 is 0 Å². The maximum Gasteiger partial charge on any atom is 0.408 e. The van der Waals surface area contributed by atoms with Crippen molar-refractivity contribution in [3.05, 3.63) is 12.8 Å². The molecule has 0 aromatic rings. The fraction of sp³-hybridized carbons (Fsp3) is 0.739. The second-order valence-corrected chi connectivity index (χ2v) is 9.69. The summed E-state index contributed by atoms with van der Waals surface area (Å²) in [5.74, 6) is -4.31. The standard InChI is InChI=1S/C23H36N2O8/c1-8-12(4)17(24-21(30)33-22(5,6)7)18(27)25-23(20(29)32-10-3)11-13(26)14-15(16(14)23)19(28)31-9-2/h9,12-17,26H,2,8,10-11H2,1,3-7H3,(H,24,30)(H,25,27)/t12-,13-,14-,15-,16-,17-,23+/m0/s1. The Kier molecular flexibility index (Phi) is 8.16. The number of aliphatic hydroxyl groups excluding tert-OH is 1. The fourth-order valence-corrected chi connectivity index (χ4v) is 4.61. The number of hydrogen-bond donors (Lipinski definition) is 3. The predicted molar refractivity (Wildman–Crippen MR) is 118 cm³/mol. The zero-order valence-electron chi connectivity index (χ0n) is 20.2. The van der Waals surface area contributed by atoms with Crippen LogP contribution in [0.2, 0.25) is 0 Å².